The first-order valence-corrected chi connectivity index (χ1v) is 10.3. The van der Waals surface area contributed by atoms with E-state index in [1.165, 1.54) is 5.56 Å². The summed E-state index contributed by atoms with van der Waals surface area (Å²) in [6.07, 6.45) is 0.844. The van der Waals surface area contributed by atoms with Gasteiger partial charge in [-0.1, -0.05) is 44.2 Å². The zero-order valence-electron chi connectivity index (χ0n) is 14.8. The van der Waals surface area contributed by atoms with Crippen LogP contribution in [-0.2, 0) is 20.0 Å². The molecule has 1 N–H and O–H groups in total. The first-order chi connectivity index (χ1) is 11.2. The van der Waals surface area contributed by atoms with Gasteiger partial charge in [-0.2, -0.15) is 0 Å². The van der Waals surface area contributed by atoms with Crippen LogP contribution in [0.3, 0.4) is 0 Å². The van der Waals surface area contributed by atoms with Gasteiger partial charge in [-0.25, -0.2) is 8.42 Å². The van der Waals surface area contributed by atoms with Gasteiger partial charge in [0.05, 0.1) is 18.1 Å². The Bertz CT molecular complexity index is 642. The minimum absolute atomic E-state index is 0.0207. The van der Waals surface area contributed by atoms with E-state index in [1.807, 2.05) is 30.0 Å². The van der Waals surface area contributed by atoms with Crippen molar-refractivity contribution in [2.75, 3.05) is 31.1 Å². The van der Waals surface area contributed by atoms with Gasteiger partial charge in [-0.15, -0.1) is 0 Å². The molecule has 0 saturated carbocycles. The topological polar surface area (TPSA) is 66.5 Å². The number of nitrogens with zero attached hydrogens (tertiary/aromatic N) is 1. The monoisotopic (exact) mass is 352 g/mol. The first kappa shape index (κ1) is 18.9. The summed E-state index contributed by atoms with van der Waals surface area (Å²) >= 11 is 0. The molecular formula is C18H28N2O3S. The van der Waals surface area contributed by atoms with E-state index < -0.39 is 9.84 Å². The maximum absolute atomic E-state index is 12.2. The summed E-state index contributed by atoms with van der Waals surface area (Å²) in [5, 5.41) is 3.04. The fourth-order valence-corrected chi connectivity index (χ4v) is 4.53. The number of rotatable bonds is 6. The SMILES string of the molecule is CC(CC(C)(C)c1ccccc1)NC(=O)CN1CCS(=O)(=O)CC1. The summed E-state index contributed by atoms with van der Waals surface area (Å²) in [7, 11) is -2.90. The predicted octanol–water partition coefficient (Wildman–Crippen LogP) is 1.59. The Labute approximate surface area is 145 Å². The highest BCUT2D eigenvalue weighted by Crippen LogP contribution is 2.28. The van der Waals surface area contributed by atoms with Crippen molar-refractivity contribution in [1.82, 2.24) is 10.2 Å². The van der Waals surface area contributed by atoms with E-state index in [4.69, 9.17) is 0 Å². The molecule has 0 spiro atoms. The molecule has 2 rings (SSSR count). The van der Waals surface area contributed by atoms with E-state index in [0.717, 1.165) is 6.42 Å². The molecule has 1 heterocycles. The first-order valence-electron chi connectivity index (χ1n) is 8.46. The molecular weight excluding hydrogens is 324 g/mol. The van der Waals surface area contributed by atoms with Crippen LogP contribution in [-0.4, -0.2) is 56.4 Å². The Morgan fingerprint density at radius 3 is 2.38 bits per heavy atom. The van der Waals surface area contributed by atoms with Crippen LogP contribution < -0.4 is 5.32 Å². The predicted molar refractivity (Wildman–Crippen MR) is 96.8 cm³/mol. The second-order valence-corrected chi connectivity index (χ2v) is 9.65. The molecule has 0 aliphatic carbocycles. The number of amides is 1. The number of carbonyl (C=O) groups excluding carboxylic acids is 1. The van der Waals surface area contributed by atoms with E-state index in [2.05, 4.69) is 31.3 Å². The number of benzene rings is 1. The zero-order chi connectivity index (χ0) is 17.8. The molecule has 1 unspecified atom stereocenters. The fraction of sp³-hybridized carbons (Fsp3) is 0.611. The Hall–Kier alpha value is -1.40. The van der Waals surface area contributed by atoms with Crippen molar-refractivity contribution in [2.24, 2.45) is 0 Å². The average molecular weight is 353 g/mol. The molecule has 1 aromatic rings. The van der Waals surface area contributed by atoms with E-state index in [1.54, 1.807) is 0 Å². The van der Waals surface area contributed by atoms with Gasteiger partial charge in [-0.05, 0) is 24.3 Å². The van der Waals surface area contributed by atoms with Crippen molar-refractivity contribution in [2.45, 2.75) is 38.6 Å². The zero-order valence-corrected chi connectivity index (χ0v) is 15.6. The summed E-state index contributed by atoms with van der Waals surface area (Å²) in [6.45, 7) is 7.54. The van der Waals surface area contributed by atoms with Crippen molar-refractivity contribution in [3.8, 4) is 0 Å². The average Bonchev–Trinajstić information content (AvgIpc) is 2.49. The molecule has 1 amide bonds. The third-order valence-corrected chi connectivity index (χ3v) is 6.19. The van der Waals surface area contributed by atoms with Crippen molar-refractivity contribution in [3.05, 3.63) is 35.9 Å². The van der Waals surface area contributed by atoms with Crippen molar-refractivity contribution in [3.63, 3.8) is 0 Å². The molecule has 1 aliphatic heterocycles. The summed E-state index contributed by atoms with van der Waals surface area (Å²) in [6, 6.07) is 10.4. The molecule has 134 valence electrons. The van der Waals surface area contributed by atoms with Crippen molar-refractivity contribution < 1.29 is 13.2 Å². The standard InChI is InChI=1S/C18H28N2O3S/c1-15(13-18(2,3)16-7-5-4-6-8-16)19-17(21)14-20-9-11-24(22,23)12-10-20/h4-8,15H,9-14H2,1-3H3,(H,19,21). The third-order valence-electron chi connectivity index (χ3n) is 4.58. The molecule has 1 saturated heterocycles. The number of hydrogen-bond donors (Lipinski definition) is 1. The lowest BCUT2D eigenvalue weighted by Gasteiger charge is -2.30. The quantitative estimate of drug-likeness (QED) is 0.844. The van der Waals surface area contributed by atoms with Gasteiger partial charge >= 0.3 is 0 Å². The number of nitrogens with one attached hydrogen (secondary N) is 1. The van der Waals surface area contributed by atoms with E-state index in [-0.39, 0.29) is 35.4 Å². The minimum Gasteiger partial charge on any atom is -0.353 e. The molecule has 24 heavy (non-hydrogen) atoms. The van der Waals surface area contributed by atoms with Crippen molar-refractivity contribution in [1.29, 1.82) is 0 Å². The van der Waals surface area contributed by atoms with Crippen LogP contribution in [0.1, 0.15) is 32.8 Å². The summed E-state index contributed by atoms with van der Waals surface area (Å²) in [5.41, 5.74) is 1.24. The normalized spacial score (nSPS) is 19.6. The molecule has 0 aromatic heterocycles. The van der Waals surface area contributed by atoms with Crippen LogP contribution in [0.4, 0.5) is 0 Å². The highest BCUT2D eigenvalue weighted by molar-refractivity contribution is 7.91. The van der Waals surface area contributed by atoms with E-state index in [0.29, 0.717) is 13.1 Å². The van der Waals surface area contributed by atoms with Crippen molar-refractivity contribution >= 4 is 15.7 Å². The van der Waals surface area contributed by atoms with Gasteiger partial charge in [-0.3, -0.25) is 9.69 Å². The molecule has 5 nitrogen and oxygen atoms in total. The molecule has 1 atom stereocenters. The van der Waals surface area contributed by atoms with Crippen LogP contribution >= 0.6 is 0 Å². The summed E-state index contributed by atoms with van der Waals surface area (Å²) < 4.78 is 22.8. The van der Waals surface area contributed by atoms with Crippen LogP contribution in [0, 0.1) is 0 Å². The lowest BCUT2D eigenvalue weighted by molar-refractivity contribution is -0.122. The molecule has 1 aliphatic rings. The third kappa shape index (κ3) is 5.60. The Morgan fingerprint density at radius 2 is 1.79 bits per heavy atom. The summed E-state index contributed by atoms with van der Waals surface area (Å²) in [5.74, 6) is 0.263. The lowest BCUT2D eigenvalue weighted by atomic mass is 9.79. The highest BCUT2D eigenvalue weighted by Gasteiger charge is 2.26. The van der Waals surface area contributed by atoms with Gasteiger partial charge in [0.1, 0.15) is 0 Å². The summed E-state index contributed by atoms with van der Waals surface area (Å²) in [4.78, 5) is 14.1. The molecule has 0 bridgehead atoms. The smallest absolute Gasteiger partial charge is 0.234 e. The maximum atomic E-state index is 12.2. The van der Waals surface area contributed by atoms with Gasteiger partial charge < -0.3 is 5.32 Å². The minimum atomic E-state index is -2.90. The number of carbonyl (C=O) groups is 1. The van der Waals surface area contributed by atoms with Gasteiger partial charge in [0.15, 0.2) is 9.84 Å². The second-order valence-electron chi connectivity index (χ2n) is 7.35. The van der Waals surface area contributed by atoms with Crippen LogP contribution in [0.25, 0.3) is 0 Å². The Morgan fingerprint density at radius 1 is 1.21 bits per heavy atom. The molecule has 1 fully saturated rings. The van der Waals surface area contributed by atoms with E-state index in [9.17, 15) is 13.2 Å². The second kappa shape index (κ2) is 7.66. The Kier molecular flexibility index (Phi) is 6.04. The van der Waals surface area contributed by atoms with Gasteiger partial charge in [0.2, 0.25) is 5.91 Å². The van der Waals surface area contributed by atoms with E-state index >= 15 is 0 Å². The maximum Gasteiger partial charge on any atom is 0.234 e. The molecule has 0 radical (unpaired) electrons. The fourth-order valence-electron chi connectivity index (χ4n) is 3.26. The number of hydrogen-bond acceptors (Lipinski definition) is 4. The lowest BCUT2D eigenvalue weighted by Crippen LogP contribution is -2.47. The molecule has 6 heteroatoms. The Balaban J connectivity index is 1.81. The van der Waals surface area contributed by atoms with Crippen LogP contribution in [0.2, 0.25) is 0 Å². The largest absolute Gasteiger partial charge is 0.353 e. The molecule has 1 aromatic carbocycles. The van der Waals surface area contributed by atoms with Gasteiger partial charge in [0, 0.05) is 19.1 Å². The number of sulfone groups is 1. The van der Waals surface area contributed by atoms with Gasteiger partial charge in [0.25, 0.3) is 0 Å². The van der Waals surface area contributed by atoms with Crippen LogP contribution in [0.5, 0.6) is 0 Å². The highest BCUT2D eigenvalue weighted by atomic mass is 32.2. The van der Waals surface area contributed by atoms with Crippen LogP contribution in [0.15, 0.2) is 30.3 Å².